The first-order valence-corrected chi connectivity index (χ1v) is 17.5. The van der Waals surface area contributed by atoms with Crippen LogP contribution in [0.15, 0.2) is 121 Å². The fraction of sp³-hybridized carbons (Fsp3) is 0.186. The predicted octanol–water partition coefficient (Wildman–Crippen LogP) is 6.88. The first-order valence-electron chi connectivity index (χ1n) is 17.5. The molecule has 4 rings (SSSR count). The number of ketones is 1. The number of ether oxygens (including phenoxy) is 6. The van der Waals surface area contributed by atoms with Crippen LogP contribution < -0.4 is 29.6 Å². The number of benzene rings is 4. The van der Waals surface area contributed by atoms with Gasteiger partial charge in [0.2, 0.25) is 0 Å². The monoisotopic (exact) mass is 778 g/mol. The second-order valence-electron chi connectivity index (χ2n) is 12.2. The maximum absolute atomic E-state index is 12.6. The first-order chi connectivity index (χ1) is 27.4. The Kier molecular flexibility index (Phi) is 16.0. The minimum Gasteiger partial charge on any atom is -0.508 e. The van der Waals surface area contributed by atoms with Gasteiger partial charge >= 0.3 is 24.1 Å². The highest BCUT2D eigenvalue weighted by atomic mass is 16.6. The van der Waals surface area contributed by atoms with Crippen LogP contribution in [0.4, 0.5) is 9.59 Å². The van der Waals surface area contributed by atoms with Crippen molar-refractivity contribution in [2.75, 3.05) is 14.2 Å². The molecule has 57 heavy (non-hydrogen) atoms. The summed E-state index contributed by atoms with van der Waals surface area (Å²) in [5, 5.41) is 15.2. The van der Waals surface area contributed by atoms with E-state index in [1.54, 1.807) is 42.5 Å². The van der Waals surface area contributed by atoms with Crippen LogP contribution in [0, 0.1) is 0 Å². The molecule has 4 aromatic carbocycles. The Morgan fingerprint density at radius 3 is 1.44 bits per heavy atom. The standard InChI is InChI=1S/C43H42N2O12/c1-28(44-42(50)54-26-32-11-7-5-8-12-32)40(48)56-36-21-17-30(23-38(36)52-3)15-19-34(46)25-35(47)20-16-31-18-22-37(39(24-31)53-4)57-41(49)29(2)45-43(51)55-27-33-13-9-6-10-14-33/h5-25,28-29,46H,26-27H2,1-4H3,(H,44,50)(H,45,51)/b19-15+,20-16+,34-25-. The first kappa shape index (κ1) is 42.4. The van der Waals surface area contributed by atoms with Gasteiger partial charge in [0.05, 0.1) is 14.2 Å². The van der Waals surface area contributed by atoms with Gasteiger partial charge < -0.3 is 44.2 Å². The van der Waals surface area contributed by atoms with Gasteiger partial charge in [-0.3, -0.25) is 4.79 Å². The quantitative estimate of drug-likeness (QED) is 0.0332. The van der Waals surface area contributed by atoms with Gasteiger partial charge in [-0.05, 0) is 72.5 Å². The van der Waals surface area contributed by atoms with Crippen LogP contribution in [0.25, 0.3) is 12.2 Å². The van der Waals surface area contributed by atoms with Crippen molar-refractivity contribution in [3.05, 3.63) is 143 Å². The van der Waals surface area contributed by atoms with Crippen LogP contribution in [0.3, 0.4) is 0 Å². The highest BCUT2D eigenvalue weighted by molar-refractivity contribution is 6.02. The molecular weight excluding hydrogens is 736 g/mol. The summed E-state index contributed by atoms with van der Waals surface area (Å²) in [6, 6.07) is 25.3. The molecule has 0 aliphatic carbocycles. The molecule has 4 aromatic rings. The fourth-order valence-electron chi connectivity index (χ4n) is 4.74. The SMILES string of the molecule is COc1cc(/C=C/C(=O)/C=C(O)/C=C/c2ccc(OC(=O)C(C)NC(=O)OCc3ccccc3)c(OC)c2)ccc1OC(=O)C(C)NC(=O)OCc1ccccc1. The summed E-state index contributed by atoms with van der Waals surface area (Å²) in [5.41, 5.74) is 2.66. The van der Waals surface area contributed by atoms with E-state index in [0.29, 0.717) is 11.1 Å². The summed E-state index contributed by atoms with van der Waals surface area (Å²) in [4.78, 5) is 62.1. The molecule has 14 heteroatoms. The van der Waals surface area contributed by atoms with Gasteiger partial charge in [-0.15, -0.1) is 0 Å². The molecule has 0 saturated heterocycles. The highest BCUT2D eigenvalue weighted by Gasteiger charge is 2.22. The van der Waals surface area contributed by atoms with E-state index in [-0.39, 0.29) is 42.0 Å². The Morgan fingerprint density at radius 2 is 1.02 bits per heavy atom. The summed E-state index contributed by atoms with van der Waals surface area (Å²) in [7, 11) is 2.76. The molecular formula is C43H42N2O12. The molecule has 0 bridgehead atoms. The molecule has 0 heterocycles. The van der Waals surface area contributed by atoms with Crippen molar-refractivity contribution in [1.82, 2.24) is 10.6 Å². The number of hydrogen-bond donors (Lipinski definition) is 3. The Morgan fingerprint density at radius 1 is 0.596 bits per heavy atom. The van der Waals surface area contributed by atoms with Crippen molar-refractivity contribution >= 4 is 42.1 Å². The molecule has 2 unspecified atom stereocenters. The van der Waals surface area contributed by atoms with E-state index < -0.39 is 42.0 Å². The van der Waals surface area contributed by atoms with E-state index >= 15 is 0 Å². The van der Waals surface area contributed by atoms with Gasteiger partial charge in [-0.2, -0.15) is 0 Å². The van der Waals surface area contributed by atoms with E-state index in [0.717, 1.165) is 17.2 Å². The normalized spacial score (nSPS) is 12.2. The third kappa shape index (κ3) is 14.1. The predicted molar refractivity (Wildman–Crippen MR) is 209 cm³/mol. The van der Waals surface area contributed by atoms with Gasteiger partial charge in [0.1, 0.15) is 31.1 Å². The number of nitrogens with one attached hydrogen (secondary N) is 2. The van der Waals surface area contributed by atoms with E-state index in [2.05, 4.69) is 10.6 Å². The third-order valence-electron chi connectivity index (χ3n) is 7.77. The van der Waals surface area contributed by atoms with Crippen LogP contribution in [0.5, 0.6) is 23.0 Å². The molecule has 0 fully saturated rings. The van der Waals surface area contributed by atoms with Gasteiger partial charge in [-0.25, -0.2) is 19.2 Å². The fourth-order valence-corrected chi connectivity index (χ4v) is 4.74. The van der Waals surface area contributed by atoms with E-state index in [9.17, 15) is 29.1 Å². The topological polar surface area (TPSA) is 185 Å². The zero-order valence-corrected chi connectivity index (χ0v) is 31.6. The van der Waals surface area contributed by atoms with Crippen molar-refractivity contribution in [2.45, 2.75) is 39.1 Å². The molecule has 2 amide bonds. The van der Waals surface area contributed by atoms with Gasteiger partial charge in [0.15, 0.2) is 28.8 Å². The van der Waals surface area contributed by atoms with Gasteiger partial charge in [-0.1, -0.05) is 84.9 Å². The molecule has 14 nitrogen and oxygen atoms in total. The smallest absolute Gasteiger partial charge is 0.408 e. The van der Waals surface area contributed by atoms with Crippen molar-refractivity contribution in [3.63, 3.8) is 0 Å². The number of alkyl carbamates (subject to hydrolysis) is 2. The van der Waals surface area contributed by atoms with Crippen LogP contribution >= 0.6 is 0 Å². The number of rotatable bonds is 17. The van der Waals surface area contributed by atoms with Crippen molar-refractivity contribution in [2.24, 2.45) is 0 Å². The number of allylic oxidation sites excluding steroid dienone is 3. The average molecular weight is 779 g/mol. The van der Waals surface area contributed by atoms with E-state index in [4.69, 9.17) is 28.4 Å². The lowest BCUT2D eigenvalue weighted by Gasteiger charge is -2.15. The second kappa shape index (κ2) is 21.5. The van der Waals surface area contributed by atoms with Crippen molar-refractivity contribution < 1.29 is 57.5 Å². The number of methoxy groups -OCH3 is 2. The number of hydrogen-bond acceptors (Lipinski definition) is 12. The molecule has 3 N–H and O–H groups in total. The summed E-state index contributed by atoms with van der Waals surface area (Å²) in [6.45, 7) is 2.97. The average Bonchev–Trinajstić information content (AvgIpc) is 3.21. The maximum Gasteiger partial charge on any atom is 0.408 e. The maximum atomic E-state index is 12.6. The molecule has 0 aromatic heterocycles. The Hall–Kier alpha value is -7.35. The molecule has 0 aliphatic heterocycles. The summed E-state index contributed by atoms with van der Waals surface area (Å²) < 4.78 is 31.8. The van der Waals surface area contributed by atoms with Crippen LogP contribution in [-0.4, -0.2) is 61.3 Å². The zero-order chi connectivity index (χ0) is 41.2. The van der Waals surface area contributed by atoms with Crippen LogP contribution in [-0.2, 0) is 37.1 Å². The van der Waals surface area contributed by atoms with E-state index in [1.807, 2.05) is 36.4 Å². The third-order valence-corrected chi connectivity index (χ3v) is 7.77. The molecule has 0 radical (unpaired) electrons. The number of carbonyl (C=O) groups is 5. The second-order valence-corrected chi connectivity index (χ2v) is 12.2. The van der Waals surface area contributed by atoms with Crippen LogP contribution in [0.2, 0.25) is 0 Å². The number of amides is 2. The van der Waals surface area contributed by atoms with Crippen molar-refractivity contribution in [1.29, 1.82) is 0 Å². The highest BCUT2D eigenvalue weighted by Crippen LogP contribution is 2.30. The van der Waals surface area contributed by atoms with Crippen LogP contribution in [0.1, 0.15) is 36.1 Å². The molecule has 296 valence electrons. The number of aliphatic hydroxyl groups is 1. The molecule has 0 aliphatic rings. The number of carbonyl (C=O) groups excluding carboxylic acids is 5. The molecule has 0 spiro atoms. The summed E-state index contributed by atoms with van der Waals surface area (Å²) in [6.07, 6.45) is 4.95. The largest absolute Gasteiger partial charge is 0.508 e. The van der Waals surface area contributed by atoms with Crippen molar-refractivity contribution in [3.8, 4) is 23.0 Å². The summed E-state index contributed by atoms with van der Waals surface area (Å²) >= 11 is 0. The lowest BCUT2D eigenvalue weighted by atomic mass is 10.1. The van der Waals surface area contributed by atoms with Gasteiger partial charge in [0, 0.05) is 6.08 Å². The zero-order valence-electron chi connectivity index (χ0n) is 31.6. The summed E-state index contributed by atoms with van der Waals surface area (Å²) in [5.74, 6) is -1.80. The lowest BCUT2D eigenvalue weighted by molar-refractivity contribution is -0.137. The Labute approximate surface area is 329 Å². The number of aliphatic hydroxyl groups excluding tert-OH is 1. The minimum absolute atomic E-state index is 0.0381. The molecule has 2 atom stereocenters. The minimum atomic E-state index is -1.03. The lowest BCUT2D eigenvalue weighted by Crippen LogP contribution is -2.41. The Bertz CT molecular complexity index is 2110. The molecule has 0 saturated carbocycles. The van der Waals surface area contributed by atoms with E-state index in [1.165, 1.54) is 70.6 Å². The Balaban J connectivity index is 1.26. The van der Waals surface area contributed by atoms with Gasteiger partial charge in [0.25, 0.3) is 0 Å². The number of esters is 2.